The summed E-state index contributed by atoms with van der Waals surface area (Å²) in [6, 6.07) is 0.230. The molecule has 0 amide bonds. The first-order chi connectivity index (χ1) is 6.85. The molecule has 15 heavy (non-hydrogen) atoms. The fraction of sp³-hybridized carbons (Fsp3) is 1.00. The largest absolute Gasteiger partial charge is 0.216 e. The molecule has 0 atom stereocenters. The van der Waals surface area contributed by atoms with Crippen molar-refractivity contribution in [1.29, 1.82) is 0 Å². The SMILES string of the molecule is CC1CCC(N(C)S(=O)(=O)C(C)C)CC1. The molecule has 1 fully saturated rings. The highest BCUT2D eigenvalue weighted by atomic mass is 32.2. The van der Waals surface area contributed by atoms with E-state index in [4.69, 9.17) is 0 Å². The zero-order valence-electron chi connectivity index (χ0n) is 10.2. The molecule has 0 saturated heterocycles. The molecule has 0 aromatic heterocycles. The van der Waals surface area contributed by atoms with E-state index in [-0.39, 0.29) is 11.3 Å². The summed E-state index contributed by atoms with van der Waals surface area (Å²) in [6.45, 7) is 5.74. The van der Waals surface area contributed by atoms with Gasteiger partial charge in [-0.25, -0.2) is 12.7 Å². The molecule has 0 spiro atoms. The van der Waals surface area contributed by atoms with Crippen molar-refractivity contribution in [3.05, 3.63) is 0 Å². The Morgan fingerprint density at radius 1 is 1.13 bits per heavy atom. The number of hydrogen-bond acceptors (Lipinski definition) is 2. The highest BCUT2D eigenvalue weighted by Gasteiger charge is 2.30. The molecule has 0 bridgehead atoms. The predicted octanol–water partition coefficient (Wildman–Crippen LogP) is 2.24. The summed E-state index contributed by atoms with van der Waals surface area (Å²) in [5.74, 6) is 0.761. The molecule has 1 rings (SSSR count). The van der Waals surface area contributed by atoms with Crippen LogP contribution in [0.2, 0.25) is 0 Å². The smallest absolute Gasteiger partial charge is 0.212 e. The van der Waals surface area contributed by atoms with Gasteiger partial charge in [-0.2, -0.15) is 0 Å². The minimum Gasteiger partial charge on any atom is -0.212 e. The summed E-state index contributed by atoms with van der Waals surface area (Å²) in [6.07, 6.45) is 4.35. The maximum atomic E-state index is 11.9. The van der Waals surface area contributed by atoms with E-state index in [1.807, 2.05) is 0 Å². The Labute approximate surface area is 93.9 Å². The van der Waals surface area contributed by atoms with Gasteiger partial charge in [0.25, 0.3) is 0 Å². The van der Waals surface area contributed by atoms with Crippen LogP contribution in [0.15, 0.2) is 0 Å². The minimum atomic E-state index is -3.06. The lowest BCUT2D eigenvalue weighted by Crippen LogP contribution is -2.42. The molecule has 0 aromatic rings. The lowest BCUT2D eigenvalue weighted by atomic mass is 9.87. The van der Waals surface area contributed by atoms with Crippen LogP contribution < -0.4 is 0 Å². The van der Waals surface area contributed by atoms with E-state index in [2.05, 4.69) is 6.92 Å². The molecule has 0 heterocycles. The first-order valence-corrected chi connectivity index (χ1v) is 7.33. The molecule has 0 aromatic carbocycles. The lowest BCUT2D eigenvalue weighted by molar-refractivity contribution is 0.245. The van der Waals surface area contributed by atoms with Crippen molar-refractivity contribution < 1.29 is 8.42 Å². The van der Waals surface area contributed by atoms with Crippen LogP contribution in [-0.2, 0) is 10.0 Å². The Morgan fingerprint density at radius 3 is 2.00 bits per heavy atom. The highest BCUT2D eigenvalue weighted by Crippen LogP contribution is 2.28. The van der Waals surface area contributed by atoms with E-state index in [1.54, 1.807) is 25.2 Å². The van der Waals surface area contributed by atoms with Crippen LogP contribution in [0.25, 0.3) is 0 Å². The summed E-state index contributed by atoms with van der Waals surface area (Å²) in [4.78, 5) is 0. The number of nitrogens with zero attached hydrogens (tertiary/aromatic N) is 1. The standard InChI is InChI=1S/C11H23NO2S/c1-9(2)15(13,14)12(4)11-7-5-10(3)6-8-11/h9-11H,5-8H2,1-4H3. The summed E-state index contributed by atoms with van der Waals surface area (Å²) in [5, 5.41) is -0.304. The minimum absolute atomic E-state index is 0.230. The van der Waals surface area contributed by atoms with Crippen molar-refractivity contribution in [2.45, 2.75) is 57.7 Å². The molecule has 1 aliphatic carbocycles. The Kier molecular flexibility index (Phi) is 4.18. The molecular formula is C11H23NO2S. The second-order valence-electron chi connectivity index (χ2n) is 5.02. The Hall–Kier alpha value is -0.0900. The molecule has 1 aliphatic rings. The van der Waals surface area contributed by atoms with Crippen LogP contribution >= 0.6 is 0 Å². The third kappa shape index (κ3) is 2.94. The second-order valence-corrected chi connectivity index (χ2v) is 7.57. The average Bonchev–Trinajstić information content (AvgIpc) is 2.17. The monoisotopic (exact) mass is 233 g/mol. The first-order valence-electron chi connectivity index (χ1n) is 5.82. The number of rotatable bonds is 3. The highest BCUT2D eigenvalue weighted by molar-refractivity contribution is 7.89. The maximum absolute atomic E-state index is 11.9. The molecule has 4 heteroatoms. The van der Waals surface area contributed by atoms with Gasteiger partial charge in [0.15, 0.2) is 0 Å². The Bertz CT molecular complexity index is 290. The third-order valence-corrected chi connectivity index (χ3v) is 5.79. The molecule has 3 nitrogen and oxygen atoms in total. The van der Waals surface area contributed by atoms with Gasteiger partial charge in [0.05, 0.1) is 5.25 Å². The van der Waals surface area contributed by atoms with Gasteiger partial charge in [0, 0.05) is 13.1 Å². The summed E-state index contributed by atoms with van der Waals surface area (Å²) in [5.41, 5.74) is 0. The van der Waals surface area contributed by atoms with Gasteiger partial charge >= 0.3 is 0 Å². The van der Waals surface area contributed by atoms with Gasteiger partial charge < -0.3 is 0 Å². The Balaban J connectivity index is 2.65. The van der Waals surface area contributed by atoms with Gasteiger partial charge in [-0.15, -0.1) is 0 Å². The summed E-state index contributed by atoms with van der Waals surface area (Å²) >= 11 is 0. The van der Waals surface area contributed by atoms with Crippen molar-refractivity contribution in [3.63, 3.8) is 0 Å². The quantitative estimate of drug-likeness (QED) is 0.749. The van der Waals surface area contributed by atoms with Crippen LogP contribution in [0.1, 0.15) is 46.5 Å². The predicted molar refractivity (Wildman–Crippen MR) is 63.2 cm³/mol. The molecular weight excluding hydrogens is 210 g/mol. The van der Waals surface area contributed by atoms with Crippen LogP contribution in [-0.4, -0.2) is 31.1 Å². The third-order valence-electron chi connectivity index (χ3n) is 3.50. The lowest BCUT2D eigenvalue weighted by Gasteiger charge is -2.33. The zero-order valence-corrected chi connectivity index (χ0v) is 11.0. The van der Waals surface area contributed by atoms with E-state index in [0.29, 0.717) is 0 Å². The molecule has 0 aliphatic heterocycles. The van der Waals surface area contributed by atoms with Crippen molar-refractivity contribution in [2.75, 3.05) is 7.05 Å². The molecule has 0 N–H and O–H groups in total. The van der Waals surface area contributed by atoms with Crippen LogP contribution in [0.3, 0.4) is 0 Å². The van der Waals surface area contributed by atoms with E-state index in [1.165, 1.54) is 0 Å². The Morgan fingerprint density at radius 2 is 1.60 bits per heavy atom. The molecule has 0 unspecified atom stereocenters. The number of sulfonamides is 1. The number of hydrogen-bond donors (Lipinski definition) is 0. The van der Waals surface area contributed by atoms with Crippen LogP contribution in [0.5, 0.6) is 0 Å². The van der Waals surface area contributed by atoms with Gasteiger partial charge in [0.1, 0.15) is 0 Å². The molecule has 1 saturated carbocycles. The van der Waals surface area contributed by atoms with Crippen molar-refractivity contribution in [2.24, 2.45) is 5.92 Å². The summed E-state index contributed by atoms with van der Waals surface area (Å²) < 4.78 is 25.5. The van der Waals surface area contributed by atoms with Crippen molar-refractivity contribution in [1.82, 2.24) is 4.31 Å². The summed E-state index contributed by atoms with van der Waals surface area (Å²) in [7, 11) is -1.33. The molecule has 0 radical (unpaired) electrons. The zero-order chi connectivity index (χ0) is 11.6. The van der Waals surface area contributed by atoms with Crippen LogP contribution in [0.4, 0.5) is 0 Å². The van der Waals surface area contributed by atoms with Crippen LogP contribution in [0, 0.1) is 5.92 Å². The first kappa shape index (κ1) is 13.0. The average molecular weight is 233 g/mol. The van der Waals surface area contributed by atoms with Crippen molar-refractivity contribution in [3.8, 4) is 0 Å². The van der Waals surface area contributed by atoms with E-state index in [0.717, 1.165) is 31.6 Å². The topological polar surface area (TPSA) is 37.4 Å². The fourth-order valence-corrected chi connectivity index (χ4v) is 3.44. The van der Waals surface area contributed by atoms with Crippen molar-refractivity contribution >= 4 is 10.0 Å². The maximum Gasteiger partial charge on any atom is 0.216 e. The van der Waals surface area contributed by atoms with E-state index >= 15 is 0 Å². The van der Waals surface area contributed by atoms with Gasteiger partial charge in [0.2, 0.25) is 10.0 Å². The van der Waals surface area contributed by atoms with Gasteiger partial charge in [-0.3, -0.25) is 0 Å². The fourth-order valence-electron chi connectivity index (χ4n) is 2.15. The van der Waals surface area contributed by atoms with E-state index in [9.17, 15) is 8.42 Å². The van der Waals surface area contributed by atoms with Gasteiger partial charge in [-0.1, -0.05) is 6.92 Å². The molecule has 90 valence electrons. The van der Waals surface area contributed by atoms with E-state index < -0.39 is 10.0 Å². The second kappa shape index (κ2) is 4.83. The normalized spacial score (nSPS) is 28.7. The van der Waals surface area contributed by atoms with Gasteiger partial charge in [-0.05, 0) is 45.4 Å².